The molecule has 0 unspecified atom stereocenters. The maximum Gasteiger partial charge on any atom is 0.297 e. The fourth-order valence-corrected chi connectivity index (χ4v) is 4.27. The fraction of sp³-hybridized carbons (Fsp3) is 0.304. The van der Waals surface area contributed by atoms with Crippen LogP contribution in [0, 0.1) is 0 Å². The number of para-hydroxylation sites is 1. The summed E-state index contributed by atoms with van der Waals surface area (Å²) in [5.41, 5.74) is 11.3. The number of fused-ring (bicyclic) bond motifs is 3. The van der Waals surface area contributed by atoms with E-state index in [1.165, 1.54) is 37.1 Å². The van der Waals surface area contributed by atoms with Crippen LogP contribution in [0.15, 0.2) is 48.5 Å². The van der Waals surface area contributed by atoms with Crippen LogP contribution in [-0.2, 0) is 13.1 Å². The molecule has 6 nitrogen and oxygen atoms in total. The lowest BCUT2D eigenvalue weighted by Crippen LogP contribution is -2.18. The van der Waals surface area contributed by atoms with Gasteiger partial charge in [-0.25, -0.2) is 4.98 Å². The summed E-state index contributed by atoms with van der Waals surface area (Å²) in [6.45, 7) is 4.12. The molecule has 148 valence electrons. The number of nitrogens with zero attached hydrogens (tertiary/aromatic N) is 4. The number of hydrogen-bond acceptors (Lipinski definition) is 5. The molecule has 29 heavy (non-hydrogen) atoms. The summed E-state index contributed by atoms with van der Waals surface area (Å²) >= 11 is 0. The summed E-state index contributed by atoms with van der Waals surface area (Å²) in [5, 5.41) is 1.03. The molecule has 1 fully saturated rings. The molecule has 0 saturated carbocycles. The fourth-order valence-electron chi connectivity index (χ4n) is 4.27. The van der Waals surface area contributed by atoms with Gasteiger partial charge in [-0.1, -0.05) is 42.5 Å². The Hall–Kier alpha value is -3.12. The van der Waals surface area contributed by atoms with Crippen LogP contribution >= 0.6 is 0 Å². The number of ether oxygens (including phenoxy) is 1. The van der Waals surface area contributed by atoms with Crippen molar-refractivity contribution in [1.82, 2.24) is 19.4 Å². The maximum atomic E-state index is 6.20. The number of rotatable bonds is 5. The van der Waals surface area contributed by atoms with Crippen LogP contribution in [0.25, 0.3) is 21.9 Å². The molecule has 0 radical (unpaired) electrons. The number of anilines is 1. The van der Waals surface area contributed by atoms with Gasteiger partial charge in [0.25, 0.3) is 6.01 Å². The third-order valence-corrected chi connectivity index (χ3v) is 5.73. The van der Waals surface area contributed by atoms with Gasteiger partial charge in [-0.2, -0.15) is 4.98 Å². The van der Waals surface area contributed by atoms with Crippen LogP contribution in [-0.4, -0.2) is 39.6 Å². The first-order valence-electron chi connectivity index (χ1n) is 10.1. The molecule has 2 aromatic heterocycles. The molecular formula is C23H25N5O. The van der Waals surface area contributed by atoms with Gasteiger partial charge >= 0.3 is 0 Å². The molecule has 5 rings (SSSR count). The molecule has 6 heteroatoms. The lowest BCUT2D eigenvalue weighted by molar-refractivity contribution is 0.331. The van der Waals surface area contributed by atoms with Crippen molar-refractivity contribution in [2.45, 2.75) is 25.9 Å². The molecule has 3 heterocycles. The van der Waals surface area contributed by atoms with E-state index < -0.39 is 0 Å². The van der Waals surface area contributed by atoms with E-state index in [0.717, 1.165) is 23.0 Å². The second-order valence-electron chi connectivity index (χ2n) is 7.70. The van der Waals surface area contributed by atoms with E-state index in [4.69, 9.17) is 10.5 Å². The summed E-state index contributed by atoms with van der Waals surface area (Å²) in [6.07, 6.45) is 2.63. The number of hydrogen-bond donors (Lipinski definition) is 1. The minimum atomic E-state index is 0.428. The van der Waals surface area contributed by atoms with E-state index in [0.29, 0.717) is 23.9 Å². The Kier molecular flexibility index (Phi) is 4.56. The third kappa shape index (κ3) is 3.29. The minimum Gasteiger partial charge on any atom is -0.468 e. The molecule has 1 saturated heterocycles. The topological polar surface area (TPSA) is 69.2 Å². The van der Waals surface area contributed by atoms with Crippen molar-refractivity contribution in [3.05, 3.63) is 59.7 Å². The highest BCUT2D eigenvalue weighted by atomic mass is 16.5. The molecule has 0 spiro atoms. The highest BCUT2D eigenvalue weighted by molar-refractivity contribution is 6.06. The summed E-state index contributed by atoms with van der Waals surface area (Å²) in [6, 6.07) is 17.4. The Morgan fingerprint density at radius 3 is 2.34 bits per heavy atom. The van der Waals surface area contributed by atoms with Gasteiger partial charge in [-0.15, -0.1) is 0 Å². The number of pyridine rings is 1. The van der Waals surface area contributed by atoms with Gasteiger partial charge in [0.2, 0.25) is 0 Å². The number of benzene rings is 2. The zero-order chi connectivity index (χ0) is 19.8. The van der Waals surface area contributed by atoms with Crippen molar-refractivity contribution in [3.63, 3.8) is 0 Å². The van der Waals surface area contributed by atoms with Crippen LogP contribution in [0.4, 0.5) is 5.82 Å². The number of likely N-dealkylation sites (tertiary alicyclic amines) is 1. The molecule has 0 atom stereocenters. The van der Waals surface area contributed by atoms with Crippen molar-refractivity contribution < 1.29 is 4.74 Å². The van der Waals surface area contributed by atoms with Crippen LogP contribution in [0.1, 0.15) is 24.0 Å². The largest absolute Gasteiger partial charge is 0.468 e. The summed E-state index contributed by atoms with van der Waals surface area (Å²) in [5.74, 6) is 0.428. The Balaban J connectivity index is 1.52. The summed E-state index contributed by atoms with van der Waals surface area (Å²) in [4.78, 5) is 11.6. The number of nitrogens with two attached hydrogens (primary N) is 1. The highest BCUT2D eigenvalue weighted by Gasteiger charge is 2.18. The van der Waals surface area contributed by atoms with Gasteiger partial charge in [0.15, 0.2) is 5.82 Å². The number of aromatic nitrogens is 3. The number of methoxy groups -OCH3 is 1. The van der Waals surface area contributed by atoms with Crippen LogP contribution in [0.5, 0.6) is 6.01 Å². The monoisotopic (exact) mass is 387 g/mol. The second kappa shape index (κ2) is 7.37. The summed E-state index contributed by atoms with van der Waals surface area (Å²) < 4.78 is 7.67. The van der Waals surface area contributed by atoms with Gasteiger partial charge in [0, 0.05) is 11.9 Å². The van der Waals surface area contributed by atoms with Crippen molar-refractivity contribution in [3.8, 4) is 6.01 Å². The lowest BCUT2D eigenvalue weighted by Gasteiger charge is -2.15. The quantitative estimate of drug-likeness (QED) is 0.564. The Bertz CT molecular complexity index is 1160. The molecule has 2 aromatic carbocycles. The van der Waals surface area contributed by atoms with Crippen LogP contribution in [0.2, 0.25) is 0 Å². The van der Waals surface area contributed by atoms with E-state index in [9.17, 15) is 0 Å². The molecular weight excluding hydrogens is 362 g/mol. The van der Waals surface area contributed by atoms with Crippen LogP contribution < -0.4 is 10.5 Å². The van der Waals surface area contributed by atoms with Crippen molar-refractivity contribution in [2.24, 2.45) is 0 Å². The van der Waals surface area contributed by atoms with Crippen molar-refractivity contribution in [2.75, 3.05) is 25.9 Å². The zero-order valence-corrected chi connectivity index (χ0v) is 16.6. The van der Waals surface area contributed by atoms with E-state index in [-0.39, 0.29) is 0 Å². The molecule has 0 amide bonds. The Morgan fingerprint density at radius 1 is 0.931 bits per heavy atom. The first kappa shape index (κ1) is 17.9. The molecule has 1 aliphatic rings. The normalized spacial score (nSPS) is 14.8. The van der Waals surface area contributed by atoms with Gasteiger partial charge < -0.3 is 10.5 Å². The van der Waals surface area contributed by atoms with Crippen molar-refractivity contribution >= 4 is 27.8 Å². The Morgan fingerprint density at radius 2 is 1.62 bits per heavy atom. The van der Waals surface area contributed by atoms with Gasteiger partial charge in [0.05, 0.1) is 24.7 Å². The SMILES string of the molecule is COc1nc2c(N)nc3ccccc3c2n1Cc1ccc(CN2CCCC2)cc1. The smallest absolute Gasteiger partial charge is 0.297 e. The first-order valence-corrected chi connectivity index (χ1v) is 10.1. The lowest BCUT2D eigenvalue weighted by atomic mass is 10.1. The average molecular weight is 387 g/mol. The number of nitrogen functional groups attached to an aromatic ring is 1. The van der Waals surface area contributed by atoms with Gasteiger partial charge in [-0.3, -0.25) is 9.47 Å². The molecule has 1 aliphatic heterocycles. The molecule has 2 N–H and O–H groups in total. The van der Waals surface area contributed by atoms with Gasteiger partial charge in [0.1, 0.15) is 5.52 Å². The second-order valence-corrected chi connectivity index (χ2v) is 7.70. The standard InChI is InChI=1S/C23H25N5O/c1-29-23-26-20-21(18-6-2-3-7-19(18)25-22(20)24)28(23)15-17-10-8-16(9-11-17)14-27-12-4-5-13-27/h2-3,6-11H,4-5,12-15H2,1H3,(H2,24,25). The highest BCUT2D eigenvalue weighted by Crippen LogP contribution is 2.32. The predicted octanol–water partition coefficient (Wildman–Crippen LogP) is 3.82. The molecule has 4 aromatic rings. The predicted molar refractivity (Wildman–Crippen MR) is 116 cm³/mol. The maximum absolute atomic E-state index is 6.20. The zero-order valence-electron chi connectivity index (χ0n) is 16.6. The van der Waals surface area contributed by atoms with E-state index in [1.54, 1.807) is 7.11 Å². The van der Waals surface area contributed by atoms with E-state index in [1.807, 2.05) is 18.2 Å². The molecule has 0 bridgehead atoms. The van der Waals surface area contributed by atoms with E-state index >= 15 is 0 Å². The van der Waals surface area contributed by atoms with Crippen molar-refractivity contribution in [1.29, 1.82) is 0 Å². The first-order chi connectivity index (χ1) is 14.2. The average Bonchev–Trinajstić information content (AvgIpc) is 3.38. The van der Waals surface area contributed by atoms with Crippen LogP contribution in [0.3, 0.4) is 0 Å². The minimum absolute atomic E-state index is 0.428. The molecule has 0 aliphatic carbocycles. The van der Waals surface area contributed by atoms with Gasteiger partial charge in [-0.05, 0) is 43.1 Å². The Labute approximate surface area is 169 Å². The third-order valence-electron chi connectivity index (χ3n) is 5.73. The van der Waals surface area contributed by atoms with E-state index in [2.05, 4.69) is 49.8 Å². The number of imidazole rings is 1. The summed E-state index contributed by atoms with van der Waals surface area (Å²) in [7, 11) is 1.64.